The molecule has 4 rings (SSSR count). The Morgan fingerprint density at radius 1 is 1.12 bits per heavy atom. The average molecular weight is 346 g/mol. The van der Waals surface area contributed by atoms with Gasteiger partial charge in [0.05, 0.1) is 5.52 Å². The molecule has 2 heterocycles. The van der Waals surface area contributed by atoms with Crippen molar-refractivity contribution in [3.63, 3.8) is 0 Å². The van der Waals surface area contributed by atoms with Gasteiger partial charge in [-0.1, -0.05) is 24.3 Å². The van der Waals surface area contributed by atoms with Crippen LogP contribution in [0.4, 0.5) is 11.5 Å². The first-order valence-corrected chi connectivity index (χ1v) is 8.98. The van der Waals surface area contributed by atoms with Crippen LogP contribution in [0, 0.1) is 13.8 Å². The Balaban J connectivity index is 1.64. The standard InChI is InChI=1S/C21H22N4O/c1-14-7-5-10-17(15(14)2)24-21(26)19-11-6-12-25(19)20-16-8-3-4-9-18(16)22-13-23-20/h3-5,7-10,13,19H,6,11-12H2,1-2H3,(H,24,26)/t19-/m1/s1. The fourth-order valence-electron chi connectivity index (χ4n) is 3.61. The minimum absolute atomic E-state index is 0.0268. The van der Waals surface area contributed by atoms with E-state index in [4.69, 9.17) is 0 Å². The topological polar surface area (TPSA) is 58.1 Å². The maximum Gasteiger partial charge on any atom is 0.247 e. The lowest BCUT2D eigenvalue weighted by Gasteiger charge is -2.26. The maximum atomic E-state index is 13.0. The van der Waals surface area contributed by atoms with Crippen molar-refractivity contribution in [2.75, 3.05) is 16.8 Å². The van der Waals surface area contributed by atoms with E-state index in [9.17, 15) is 4.79 Å². The third kappa shape index (κ3) is 2.90. The quantitative estimate of drug-likeness (QED) is 0.782. The predicted octanol–water partition coefficient (Wildman–Crippen LogP) is 3.85. The Kier molecular flexibility index (Phi) is 4.29. The van der Waals surface area contributed by atoms with Crippen LogP contribution in [0.1, 0.15) is 24.0 Å². The lowest BCUT2D eigenvalue weighted by atomic mass is 10.1. The van der Waals surface area contributed by atoms with Crippen LogP contribution >= 0.6 is 0 Å². The first-order chi connectivity index (χ1) is 12.6. The molecule has 0 spiro atoms. The minimum Gasteiger partial charge on any atom is -0.344 e. The van der Waals surface area contributed by atoms with Crippen molar-refractivity contribution in [2.24, 2.45) is 0 Å². The number of aromatic nitrogens is 2. The molecular formula is C21H22N4O. The zero-order valence-electron chi connectivity index (χ0n) is 15.1. The number of para-hydroxylation sites is 1. The number of carbonyl (C=O) groups is 1. The molecule has 1 aliphatic rings. The summed E-state index contributed by atoms with van der Waals surface area (Å²) in [6.07, 6.45) is 3.38. The predicted molar refractivity (Wildman–Crippen MR) is 104 cm³/mol. The maximum absolute atomic E-state index is 13.0. The van der Waals surface area contributed by atoms with Crippen molar-refractivity contribution in [3.05, 3.63) is 59.9 Å². The van der Waals surface area contributed by atoms with Gasteiger partial charge in [-0.25, -0.2) is 9.97 Å². The second-order valence-corrected chi connectivity index (χ2v) is 6.80. The van der Waals surface area contributed by atoms with Crippen molar-refractivity contribution >= 4 is 28.3 Å². The molecule has 1 N–H and O–H groups in total. The highest BCUT2D eigenvalue weighted by Crippen LogP contribution is 2.30. The molecule has 1 atom stereocenters. The molecule has 3 aromatic rings. The van der Waals surface area contributed by atoms with Gasteiger partial charge in [0.1, 0.15) is 18.2 Å². The van der Waals surface area contributed by atoms with E-state index in [1.165, 1.54) is 5.56 Å². The Hall–Kier alpha value is -2.95. The fourth-order valence-corrected chi connectivity index (χ4v) is 3.61. The number of nitrogens with zero attached hydrogens (tertiary/aromatic N) is 3. The third-order valence-corrected chi connectivity index (χ3v) is 5.21. The number of aryl methyl sites for hydroxylation is 1. The van der Waals surface area contributed by atoms with E-state index in [0.29, 0.717) is 0 Å². The minimum atomic E-state index is -0.215. The molecule has 1 amide bonds. The van der Waals surface area contributed by atoms with E-state index in [0.717, 1.165) is 47.4 Å². The van der Waals surface area contributed by atoms with Crippen molar-refractivity contribution in [1.82, 2.24) is 9.97 Å². The van der Waals surface area contributed by atoms with E-state index < -0.39 is 0 Å². The summed E-state index contributed by atoms with van der Waals surface area (Å²) in [4.78, 5) is 23.9. The second-order valence-electron chi connectivity index (χ2n) is 6.80. The van der Waals surface area contributed by atoms with Crippen molar-refractivity contribution in [2.45, 2.75) is 32.7 Å². The smallest absolute Gasteiger partial charge is 0.247 e. The van der Waals surface area contributed by atoms with Crippen molar-refractivity contribution in [3.8, 4) is 0 Å². The van der Waals surface area contributed by atoms with E-state index >= 15 is 0 Å². The van der Waals surface area contributed by atoms with Gasteiger partial charge in [-0.15, -0.1) is 0 Å². The molecule has 132 valence electrons. The van der Waals surface area contributed by atoms with Gasteiger partial charge in [-0.2, -0.15) is 0 Å². The number of anilines is 2. The first-order valence-electron chi connectivity index (χ1n) is 8.98. The molecule has 0 aliphatic carbocycles. The molecule has 0 bridgehead atoms. The summed E-state index contributed by atoms with van der Waals surface area (Å²) in [6, 6.07) is 13.7. The van der Waals surface area contributed by atoms with Crippen LogP contribution in [0.15, 0.2) is 48.8 Å². The fraction of sp³-hybridized carbons (Fsp3) is 0.286. The molecule has 1 saturated heterocycles. The highest BCUT2D eigenvalue weighted by Gasteiger charge is 2.32. The van der Waals surface area contributed by atoms with Gasteiger partial charge in [0.2, 0.25) is 5.91 Å². The summed E-state index contributed by atoms with van der Waals surface area (Å²) in [5, 5.41) is 4.10. The molecule has 26 heavy (non-hydrogen) atoms. The molecule has 1 fully saturated rings. The van der Waals surface area contributed by atoms with E-state index in [2.05, 4.69) is 33.2 Å². The number of hydrogen-bond donors (Lipinski definition) is 1. The molecule has 0 saturated carbocycles. The second kappa shape index (κ2) is 6.75. The Bertz CT molecular complexity index is 964. The first kappa shape index (κ1) is 16.5. The molecule has 0 radical (unpaired) electrons. The average Bonchev–Trinajstić information content (AvgIpc) is 3.15. The number of rotatable bonds is 3. The lowest BCUT2D eigenvalue weighted by molar-refractivity contribution is -0.117. The summed E-state index contributed by atoms with van der Waals surface area (Å²) in [6.45, 7) is 4.92. The van der Waals surface area contributed by atoms with Gasteiger partial charge in [-0.3, -0.25) is 4.79 Å². The van der Waals surface area contributed by atoms with Crippen LogP contribution in [0.2, 0.25) is 0 Å². The van der Waals surface area contributed by atoms with Crippen LogP contribution in [0.25, 0.3) is 10.9 Å². The summed E-state index contributed by atoms with van der Waals surface area (Å²) < 4.78 is 0. The van der Waals surface area contributed by atoms with Crippen LogP contribution in [0.3, 0.4) is 0 Å². The van der Waals surface area contributed by atoms with Gasteiger partial charge in [0.25, 0.3) is 0 Å². The molecule has 2 aromatic carbocycles. The number of benzene rings is 2. The zero-order chi connectivity index (χ0) is 18.1. The molecule has 1 aliphatic heterocycles. The summed E-state index contributed by atoms with van der Waals surface area (Å²) >= 11 is 0. The lowest BCUT2D eigenvalue weighted by Crippen LogP contribution is -2.40. The number of hydrogen-bond acceptors (Lipinski definition) is 4. The van der Waals surface area contributed by atoms with Crippen LogP contribution < -0.4 is 10.2 Å². The summed E-state index contributed by atoms with van der Waals surface area (Å²) in [5.41, 5.74) is 4.07. The van der Waals surface area contributed by atoms with Gasteiger partial charge in [0.15, 0.2) is 0 Å². The summed E-state index contributed by atoms with van der Waals surface area (Å²) in [5.74, 6) is 0.869. The Morgan fingerprint density at radius 3 is 2.85 bits per heavy atom. The normalized spacial score (nSPS) is 16.8. The molecular weight excluding hydrogens is 324 g/mol. The van der Waals surface area contributed by atoms with Gasteiger partial charge in [0, 0.05) is 17.6 Å². The monoisotopic (exact) mass is 346 g/mol. The number of carbonyl (C=O) groups excluding carboxylic acids is 1. The van der Waals surface area contributed by atoms with E-state index in [1.807, 2.05) is 43.3 Å². The highest BCUT2D eigenvalue weighted by atomic mass is 16.2. The third-order valence-electron chi connectivity index (χ3n) is 5.21. The zero-order valence-corrected chi connectivity index (χ0v) is 15.1. The number of nitrogens with one attached hydrogen (secondary N) is 1. The molecule has 5 nitrogen and oxygen atoms in total. The van der Waals surface area contributed by atoms with E-state index in [1.54, 1.807) is 6.33 Å². The van der Waals surface area contributed by atoms with Gasteiger partial charge in [-0.05, 0) is 56.0 Å². The molecule has 0 unspecified atom stereocenters. The largest absolute Gasteiger partial charge is 0.344 e. The SMILES string of the molecule is Cc1cccc(NC(=O)[C@H]2CCCN2c2ncnc3ccccc23)c1C. The molecule has 1 aromatic heterocycles. The van der Waals surface area contributed by atoms with Crippen LogP contribution in [-0.4, -0.2) is 28.5 Å². The van der Waals surface area contributed by atoms with Crippen molar-refractivity contribution in [1.29, 1.82) is 0 Å². The van der Waals surface area contributed by atoms with Crippen LogP contribution in [0.5, 0.6) is 0 Å². The van der Waals surface area contributed by atoms with Gasteiger partial charge < -0.3 is 10.2 Å². The Labute approximate surface area is 153 Å². The number of fused-ring (bicyclic) bond motifs is 1. The molecule has 5 heteroatoms. The Morgan fingerprint density at radius 2 is 1.96 bits per heavy atom. The highest BCUT2D eigenvalue weighted by molar-refractivity contribution is 5.99. The van der Waals surface area contributed by atoms with Crippen LogP contribution in [-0.2, 0) is 4.79 Å². The van der Waals surface area contributed by atoms with Gasteiger partial charge >= 0.3 is 0 Å². The number of amides is 1. The van der Waals surface area contributed by atoms with E-state index in [-0.39, 0.29) is 11.9 Å². The van der Waals surface area contributed by atoms with Crippen molar-refractivity contribution < 1.29 is 4.79 Å². The summed E-state index contributed by atoms with van der Waals surface area (Å²) in [7, 11) is 0.